The first-order valence-corrected chi connectivity index (χ1v) is 8.11. The second-order valence-corrected chi connectivity index (χ2v) is 5.46. The van der Waals surface area contributed by atoms with Crippen LogP contribution in [0.2, 0.25) is 0 Å². The molecule has 6 heteroatoms. The van der Waals surface area contributed by atoms with Crippen LogP contribution < -0.4 is 5.32 Å². The van der Waals surface area contributed by atoms with Gasteiger partial charge >= 0.3 is 12.1 Å². The van der Waals surface area contributed by atoms with Crippen molar-refractivity contribution in [1.29, 1.82) is 0 Å². The summed E-state index contributed by atoms with van der Waals surface area (Å²) in [4.78, 5) is 25.8. The highest BCUT2D eigenvalue weighted by atomic mass is 16.5. The third-order valence-corrected chi connectivity index (χ3v) is 4.10. The predicted octanol–water partition coefficient (Wildman–Crippen LogP) is 2.91. The van der Waals surface area contributed by atoms with Crippen molar-refractivity contribution in [2.75, 3.05) is 39.2 Å². The number of amides is 1. The molecule has 6 nitrogen and oxygen atoms in total. The van der Waals surface area contributed by atoms with Gasteiger partial charge in [0.15, 0.2) is 0 Å². The van der Waals surface area contributed by atoms with Gasteiger partial charge in [0.1, 0.15) is 0 Å². The molecular weight excluding hydrogens is 308 g/mol. The molecule has 1 aliphatic heterocycles. The fraction of sp³-hybridized carbons (Fsp3) is 0.444. The van der Waals surface area contributed by atoms with Crippen molar-refractivity contribution in [2.24, 2.45) is 0 Å². The number of methoxy groups -OCH3 is 1. The minimum absolute atomic E-state index is 0.308. The van der Waals surface area contributed by atoms with E-state index in [1.165, 1.54) is 7.11 Å². The average Bonchev–Trinajstić information content (AvgIpc) is 2.84. The number of hydrogen-bond acceptors (Lipinski definition) is 5. The Morgan fingerprint density at radius 2 is 1.83 bits per heavy atom. The molecule has 0 aromatic heterocycles. The van der Waals surface area contributed by atoms with Crippen molar-refractivity contribution in [1.82, 2.24) is 4.90 Å². The summed E-state index contributed by atoms with van der Waals surface area (Å²) >= 11 is 0. The first kappa shape index (κ1) is 17.8. The number of nitrogens with one attached hydrogen (secondary N) is 1. The molecule has 130 valence electrons. The summed E-state index contributed by atoms with van der Waals surface area (Å²) in [7, 11) is 3.22. The van der Waals surface area contributed by atoms with E-state index in [2.05, 4.69) is 5.32 Å². The maximum Gasteiger partial charge on any atom is 0.409 e. The lowest BCUT2D eigenvalue weighted by Gasteiger charge is -2.18. The van der Waals surface area contributed by atoms with Crippen LogP contribution in [0.3, 0.4) is 0 Å². The highest BCUT2D eigenvalue weighted by Crippen LogP contribution is 2.29. The molecule has 1 N–H and O–H groups in total. The number of rotatable bonds is 4. The number of carbonyl (C=O) groups is 2. The molecule has 0 saturated heterocycles. The quantitative estimate of drug-likeness (QED) is 0.859. The van der Waals surface area contributed by atoms with Crippen LogP contribution in [0.5, 0.6) is 0 Å². The topological polar surface area (TPSA) is 67.9 Å². The number of ether oxygens (including phenoxy) is 2. The number of hydrogen-bond donors (Lipinski definition) is 1. The van der Waals surface area contributed by atoms with Gasteiger partial charge < -0.3 is 19.7 Å². The zero-order valence-electron chi connectivity index (χ0n) is 14.4. The Hall–Kier alpha value is -2.50. The van der Waals surface area contributed by atoms with Gasteiger partial charge in [-0.15, -0.1) is 0 Å². The molecule has 0 radical (unpaired) electrons. The Morgan fingerprint density at radius 1 is 1.17 bits per heavy atom. The summed E-state index contributed by atoms with van der Waals surface area (Å²) in [6, 6.07) is 7.89. The van der Waals surface area contributed by atoms with Crippen LogP contribution in [0, 0.1) is 0 Å². The predicted molar refractivity (Wildman–Crippen MR) is 92.8 cm³/mol. The summed E-state index contributed by atoms with van der Waals surface area (Å²) in [6.45, 7) is 3.07. The molecule has 0 spiro atoms. The van der Waals surface area contributed by atoms with Gasteiger partial charge in [0.25, 0.3) is 0 Å². The van der Waals surface area contributed by atoms with Gasteiger partial charge in [-0.25, -0.2) is 9.59 Å². The number of nitrogens with zero attached hydrogens (tertiary/aromatic N) is 1. The summed E-state index contributed by atoms with van der Waals surface area (Å²) in [5.41, 5.74) is 3.55. The molecule has 1 amide bonds. The molecule has 24 heavy (non-hydrogen) atoms. The molecule has 1 aromatic rings. The molecular formula is C18H24N2O4. The van der Waals surface area contributed by atoms with E-state index in [9.17, 15) is 9.59 Å². The van der Waals surface area contributed by atoms with Crippen LogP contribution in [0.15, 0.2) is 29.8 Å². The number of esters is 1. The van der Waals surface area contributed by atoms with Crippen molar-refractivity contribution in [3.05, 3.63) is 35.4 Å². The minimum Gasteiger partial charge on any atom is -0.463 e. The summed E-state index contributed by atoms with van der Waals surface area (Å²) < 4.78 is 10.0. The van der Waals surface area contributed by atoms with Crippen LogP contribution in [0.1, 0.15) is 25.3 Å². The van der Waals surface area contributed by atoms with Gasteiger partial charge in [0.2, 0.25) is 0 Å². The Morgan fingerprint density at radius 3 is 2.42 bits per heavy atom. The van der Waals surface area contributed by atoms with Crippen LogP contribution in [0.25, 0.3) is 5.57 Å². The molecule has 1 aromatic carbocycles. The van der Waals surface area contributed by atoms with E-state index in [-0.39, 0.29) is 12.1 Å². The average molecular weight is 332 g/mol. The Balaban J connectivity index is 2.34. The van der Waals surface area contributed by atoms with Crippen LogP contribution >= 0.6 is 0 Å². The number of carbonyl (C=O) groups excluding carboxylic acids is 2. The van der Waals surface area contributed by atoms with Crippen molar-refractivity contribution >= 4 is 23.3 Å². The van der Waals surface area contributed by atoms with Gasteiger partial charge in [-0.3, -0.25) is 0 Å². The highest BCUT2D eigenvalue weighted by Gasteiger charge is 2.25. The van der Waals surface area contributed by atoms with E-state index in [1.807, 2.05) is 31.3 Å². The first-order valence-electron chi connectivity index (χ1n) is 8.11. The van der Waals surface area contributed by atoms with Crippen molar-refractivity contribution < 1.29 is 19.1 Å². The van der Waals surface area contributed by atoms with Gasteiger partial charge in [0.05, 0.1) is 13.7 Å². The molecule has 2 rings (SSSR count). The standard InChI is InChI=1S/C18H24N2O4/c1-4-24-17(21)16-10-12-20(18(22)23-3)11-9-15(16)13-5-7-14(19-2)8-6-13/h5-8,19H,4,9-12H2,1-3H3. The lowest BCUT2D eigenvalue weighted by Crippen LogP contribution is -2.32. The highest BCUT2D eigenvalue weighted by molar-refractivity contribution is 5.98. The smallest absolute Gasteiger partial charge is 0.409 e. The maximum absolute atomic E-state index is 12.4. The summed E-state index contributed by atoms with van der Waals surface area (Å²) in [5.74, 6) is -0.308. The zero-order valence-corrected chi connectivity index (χ0v) is 14.4. The van der Waals surface area contributed by atoms with Crippen LogP contribution in [-0.2, 0) is 14.3 Å². The van der Waals surface area contributed by atoms with Gasteiger partial charge in [-0.05, 0) is 43.0 Å². The van der Waals surface area contributed by atoms with Crippen LogP contribution in [0.4, 0.5) is 10.5 Å². The largest absolute Gasteiger partial charge is 0.463 e. The summed E-state index contributed by atoms with van der Waals surface area (Å²) in [6.07, 6.45) is 0.670. The Kier molecular flexibility index (Phi) is 6.23. The third kappa shape index (κ3) is 4.07. The Bertz CT molecular complexity index is 622. The van der Waals surface area contributed by atoms with Gasteiger partial charge in [-0.1, -0.05) is 12.1 Å². The molecule has 0 fully saturated rings. The molecule has 0 saturated carbocycles. The molecule has 0 aliphatic carbocycles. The van der Waals surface area contributed by atoms with Crippen molar-refractivity contribution in [2.45, 2.75) is 19.8 Å². The zero-order chi connectivity index (χ0) is 17.5. The van der Waals surface area contributed by atoms with Crippen molar-refractivity contribution in [3.8, 4) is 0 Å². The molecule has 1 aliphatic rings. The monoisotopic (exact) mass is 332 g/mol. The first-order chi connectivity index (χ1) is 11.6. The number of anilines is 1. The molecule has 0 atom stereocenters. The van der Waals surface area contributed by atoms with Gasteiger partial charge in [0, 0.05) is 31.4 Å². The molecule has 0 bridgehead atoms. The second-order valence-electron chi connectivity index (χ2n) is 5.46. The minimum atomic E-state index is -0.370. The van der Waals surface area contributed by atoms with E-state index in [0.29, 0.717) is 38.1 Å². The molecule has 0 unspecified atom stereocenters. The van der Waals surface area contributed by atoms with E-state index in [4.69, 9.17) is 9.47 Å². The van der Waals surface area contributed by atoms with E-state index >= 15 is 0 Å². The number of benzene rings is 1. The van der Waals surface area contributed by atoms with Gasteiger partial charge in [-0.2, -0.15) is 0 Å². The SMILES string of the molecule is CCOC(=O)C1=C(c2ccc(NC)cc2)CCN(C(=O)OC)CC1. The lowest BCUT2D eigenvalue weighted by molar-refractivity contribution is -0.138. The van der Waals surface area contributed by atoms with Crippen molar-refractivity contribution in [3.63, 3.8) is 0 Å². The fourth-order valence-electron chi connectivity index (χ4n) is 2.82. The maximum atomic E-state index is 12.4. The summed E-state index contributed by atoms with van der Waals surface area (Å²) in [5, 5.41) is 3.08. The van der Waals surface area contributed by atoms with E-state index in [1.54, 1.807) is 11.8 Å². The lowest BCUT2D eigenvalue weighted by atomic mass is 9.96. The van der Waals surface area contributed by atoms with Crippen LogP contribution in [-0.4, -0.2) is 50.8 Å². The molecule has 1 heterocycles. The normalized spacial score (nSPS) is 14.9. The second kappa shape index (κ2) is 8.38. The fourth-order valence-corrected chi connectivity index (χ4v) is 2.82. The van der Waals surface area contributed by atoms with E-state index < -0.39 is 0 Å². The third-order valence-electron chi connectivity index (χ3n) is 4.10. The Labute approximate surface area is 142 Å². The van der Waals surface area contributed by atoms with E-state index in [0.717, 1.165) is 16.8 Å².